The molecule has 142 valence electrons. The van der Waals surface area contributed by atoms with Crippen molar-refractivity contribution < 1.29 is 27.4 Å². The Morgan fingerprint density at radius 2 is 2.07 bits per heavy atom. The summed E-state index contributed by atoms with van der Waals surface area (Å²) in [7, 11) is 3.31. The molecular formula is C18H16F3N3O3. The number of methoxy groups -OCH3 is 1. The smallest absolute Gasteiger partial charge is 0.387 e. The predicted octanol–water partition coefficient (Wildman–Crippen LogP) is 3.25. The number of hydrogen-bond donors (Lipinski definition) is 1. The number of benzene rings is 2. The third-order valence-corrected chi connectivity index (χ3v) is 4.00. The van der Waals surface area contributed by atoms with E-state index in [1.165, 1.54) is 7.11 Å². The number of imidazole rings is 1. The molecule has 0 aliphatic carbocycles. The molecule has 0 radical (unpaired) electrons. The molecule has 0 aliphatic rings. The molecule has 1 aromatic heterocycles. The Labute approximate surface area is 152 Å². The van der Waals surface area contributed by atoms with Gasteiger partial charge in [-0.2, -0.15) is 8.78 Å². The molecule has 0 fully saturated rings. The number of rotatable bonds is 6. The first kappa shape index (κ1) is 18.6. The molecule has 3 rings (SSSR count). The Morgan fingerprint density at radius 1 is 1.30 bits per heavy atom. The fraction of sp³-hybridized carbons (Fsp3) is 0.222. The number of nitrogens with one attached hydrogen (secondary N) is 1. The number of aromatic nitrogens is 2. The van der Waals surface area contributed by atoms with Crippen LogP contribution in [0.3, 0.4) is 0 Å². The lowest BCUT2D eigenvalue weighted by Crippen LogP contribution is -2.24. The summed E-state index contributed by atoms with van der Waals surface area (Å²) in [6, 6.07) is 6.45. The van der Waals surface area contributed by atoms with Crippen LogP contribution in [0, 0.1) is 5.82 Å². The van der Waals surface area contributed by atoms with Crippen LogP contribution in [-0.4, -0.2) is 29.2 Å². The highest BCUT2D eigenvalue weighted by Gasteiger charge is 2.17. The van der Waals surface area contributed by atoms with Gasteiger partial charge in [0.1, 0.15) is 17.3 Å². The lowest BCUT2D eigenvalue weighted by atomic mass is 10.1. The summed E-state index contributed by atoms with van der Waals surface area (Å²) in [5.41, 5.74) is 1.90. The van der Waals surface area contributed by atoms with Gasteiger partial charge >= 0.3 is 6.61 Å². The van der Waals surface area contributed by atoms with Crippen molar-refractivity contribution in [1.29, 1.82) is 0 Å². The number of fused-ring (bicyclic) bond motifs is 1. The third-order valence-electron chi connectivity index (χ3n) is 4.00. The molecule has 27 heavy (non-hydrogen) atoms. The zero-order valence-electron chi connectivity index (χ0n) is 14.5. The number of hydrogen-bond acceptors (Lipinski definition) is 4. The van der Waals surface area contributed by atoms with Gasteiger partial charge in [0.15, 0.2) is 0 Å². The van der Waals surface area contributed by atoms with Crippen LogP contribution in [0.1, 0.15) is 15.9 Å². The summed E-state index contributed by atoms with van der Waals surface area (Å²) < 4.78 is 49.7. The van der Waals surface area contributed by atoms with E-state index in [1.807, 2.05) is 7.05 Å². The monoisotopic (exact) mass is 379 g/mol. The SMILES string of the molecule is COc1ccc2ncn(C)c2c1CNC(=O)c1ccc(OC(F)F)cc1F. The van der Waals surface area contributed by atoms with Crippen LogP contribution < -0.4 is 14.8 Å². The lowest BCUT2D eigenvalue weighted by Gasteiger charge is -2.13. The quantitative estimate of drug-likeness (QED) is 0.714. The topological polar surface area (TPSA) is 65.4 Å². The second-order valence-electron chi connectivity index (χ2n) is 5.67. The summed E-state index contributed by atoms with van der Waals surface area (Å²) in [5, 5.41) is 2.61. The minimum Gasteiger partial charge on any atom is -0.496 e. The van der Waals surface area contributed by atoms with Gasteiger partial charge in [-0.3, -0.25) is 4.79 Å². The van der Waals surface area contributed by atoms with Gasteiger partial charge in [-0.25, -0.2) is 9.37 Å². The molecule has 0 spiro atoms. The minimum atomic E-state index is -3.07. The zero-order chi connectivity index (χ0) is 19.6. The van der Waals surface area contributed by atoms with Crippen molar-refractivity contribution in [2.75, 3.05) is 7.11 Å². The standard InChI is InChI=1S/C18H16F3N3O3/c1-24-9-23-14-5-6-15(26-2)12(16(14)24)8-22-17(25)11-4-3-10(7-13(11)19)27-18(20)21/h3-7,9,18H,8H2,1-2H3,(H,22,25). The van der Waals surface area contributed by atoms with Crippen LogP contribution >= 0.6 is 0 Å². The van der Waals surface area contributed by atoms with Crippen LogP contribution in [0.15, 0.2) is 36.7 Å². The van der Waals surface area contributed by atoms with Gasteiger partial charge in [-0.05, 0) is 24.3 Å². The van der Waals surface area contributed by atoms with Crippen LogP contribution in [-0.2, 0) is 13.6 Å². The van der Waals surface area contributed by atoms with Crippen molar-refractivity contribution in [3.63, 3.8) is 0 Å². The van der Waals surface area contributed by atoms with E-state index >= 15 is 0 Å². The van der Waals surface area contributed by atoms with E-state index in [1.54, 1.807) is 23.0 Å². The average Bonchev–Trinajstić information content (AvgIpc) is 3.00. The number of aryl methyl sites for hydroxylation is 1. The van der Waals surface area contributed by atoms with Crippen LogP contribution in [0.4, 0.5) is 13.2 Å². The van der Waals surface area contributed by atoms with Crippen molar-refractivity contribution in [2.24, 2.45) is 7.05 Å². The largest absolute Gasteiger partial charge is 0.496 e. The summed E-state index contributed by atoms with van der Waals surface area (Å²) >= 11 is 0. The second-order valence-corrected chi connectivity index (χ2v) is 5.67. The fourth-order valence-corrected chi connectivity index (χ4v) is 2.79. The maximum Gasteiger partial charge on any atom is 0.387 e. The molecule has 0 saturated carbocycles. The average molecular weight is 379 g/mol. The van der Waals surface area contributed by atoms with Gasteiger partial charge in [0, 0.05) is 25.2 Å². The highest BCUT2D eigenvalue weighted by atomic mass is 19.3. The van der Waals surface area contributed by atoms with Gasteiger partial charge in [0.05, 0.1) is 30.0 Å². The van der Waals surface area contributed by atoms with Gasteiger partial charge in [-0.1, -0.05) is 0 Å². The first-order valence-corrected chi connectivity index (χ1v) is 7.90. The van der Waals surface area contributed by atoms with E-state index in [-0.39, 0.29) is 17.9 Å². The van der Waals surface area contributed by atoms with E-state index in [9.17, 15) is 18.0 Å². The summed E-state index contributed by atoms with van der Waals surface area (Å²) in [6.45, 7) is -3.01. The first-order chi connectivity index (χ1) is 12.9. The molecule has 0 unspecified atom stereocenters. The zero-order valence-corrected chi connectivity index (χ0v) is 14.5. The fourth-order valence-electron chi connectivity index (χ4n) is 2.79. The number of alkyl halides is 2. The maximum absolute atomic E-state index is 14.1. The normalized spacial score (nSPS) is 11.0. The molecule has 3 aromatic rings. The Kier molecular flexibility index (Phi) is 5.20. The van der Waals surface area contributed by atoms with Crippen molar-refractivity contribution in [3.05, 3.63) is 53.6 Å². The van der Waals surface area contributed by atoms with E-state index in [0.717, 1.165) is 29.2 Å². The van der Waals surface area contributed by atoms with Crippen molar-refractivity contribution >= 4 is 16.9 Å². The summed E-state index contributed by atoms with van der Waals surface area (Å²) in [5.74, 6) is -1.47. The van der Waals surface area contributed by atoms with Crippen LogP contribution in [0.2, 0.25) is 0 Å². The number of amides is 1. The first-order valence-electron chi connectivity index (χ1n) is 7.90. The number of nitrogens with zero attached hydrogens (tertiary/aromatic N) is 2. The molecule has 1 amide bonds. The molecule has 0 atom stereocenters. The van der Waals surface area contributed by atoms with E-state index < -0.39 is 18.3 Å². The number of halogens is 3. The highest BCUT2D eigenvalue weighted by molar-refractivity contribution is 5.95. The Hall–Kier alpha value is -3.23. The third kappa shape index (κ3) is 3.81. The molecule has 6 nitrogen and oxygen atoms in total. The number of carbonyl (C=O) groups excluding carboxylic acids is 1. The van der Waals surface area contributed by atoms with Gasteiger partial charge in [-0.15, -0.1) is 0 Å². The minimum absolute atomic E-state index is 0.0631. The Balaban J connectivity index is 1.82. The van der Waals surface area contributed by atoms with Crippen molar-refractivity contribution in [3.8, 4) is 11.5 Å². The number of ether oxygens (including phenoxy) is 2. The predicted molar refractivity (Wildman–Crippen MR) is 91.5 cm³/mol. The summed E-state index contributed by atoms with van der Waals surface area (Å²) in [6.07, 6.45) is 1.64. The van der Waals surface area contributed by atoms with Gasteiger partial charge in [0.25, 0.3) is 5.91 Å². The Morgan fingerprint density at radius 3 is 2.74 bits per heavy atom. The molecule has 0 saturated heterocycles. The molecule has 2 aromatic carbocycles. The van der Waals surface area contributed by atoms with E-state index in [0.29, 0.717) is 11.3 Å². The van der Waals surface area contributed by atoms with E-state index in [4.69, 9.17) is 4.74 Å². The van der Waals surface area contributed by atoms with Crippen molar-refractivity contribution in [2.45, 2.75) is 13.2 Å². The maximum atomic E-state index is 14.1. The molecule has 1 heterocycles. The summed E-state index contributed by atoms with van der Waals surface area (Å²) in [4.78, 5) is 16.6. The van der Waals surface area contributed by atoms with Gasteiger partial charge in [0.2, 0.25) is 0 Å². The Bertz CT molecular complexity index is 989. The van der Waals surface area contributed by atoms with Crippen LogP contribution in [0.5, 0.6) is 11.5 Å². The van der Waals surface area contributed by atoms with Crippen molar-refractivity contribution in [1.82, 2.24) is 14.9 Å². The molecule has 0 bridgehead atoms. The molecule has 0 aliphatic heterocycles. The molecule has 9 heteroatoms. The van der Waals surface area contributed by atoms with Crippen LogP contribution in [0.25, 0.3) is 11.0 Å². The lowest BCUT2D eigenvalue weighted by molar-refractivity contribution is -0.0499. The van der Waals surface area contributed by atoms with E-state index in [2.05, 4.69) is 15.0 Å². The second kappa shape index (κ2) is 7.56. The van der Waals surface area contributed by atoms with Gasteiger partial charge < -0.3 is 19.4 Å². The number of carbonyl (C=O) groups is 1. The highest BCUT2D eigenvalue weighted by Crippen LogP contribution is 2.27. The molecular weight excluding hydrogens is 363 g/mol. The molecule has 1 N–H and O–H groups in total.